The predicted octanol–water partition coefficient (Wildman–Crippen LogP) is 4.05. The van der Waals surface area contributed by atoms with Crippen molar-refractivity contribution in [1.82, 2.24) is 5.32 Å². The van der Waals surface area contributed by atoms with Gasteiger partial charge in [-0.1, -0.05) is 55.7 Å². The van der Waals surface area contributed by atoms with Crippen LogP contribution in [0.2, 0.25) is 0 Å². The number of rotatable bonds is 5. The number of ether oxygens (including phenoxy) is 2. The molecule has 1 saturated heterocycles. The summed E-state index contributed by atoms with van der Waals surface area (Å²) in [5, 5.41) is 3.23. The summed E-state index contributed by atoms with van der Waals surface area (Å²) in [5.41, 5.74) is 0.562. The molecule has 31 heavy (non-hydrogen) atoms. The fraction of sp³-hybridized carbons (Fsp3) is 0.360. The molecular formula is C25H26N2O4. The van der Waals surface area contributed by atoms with Crippen LogP contribution >= 0.6 is 0 Å². The van der Waals surface area contributed by atoms with Gasteiger partial charge in [0, 0.05) is 17.8 Å². The average Bonchev–Trinajstić information content (AvgIpc) is 3.25. The number of fused-ring (bicyclic) bond motifs is 1. The van der Waals surface area contributed by atoms with E-state index in [2.05, 4.69) is 5.32 Å². The molecule has 1 N–H and O–H groups in total. The van der Waals surface area contributed by atoms with E-state index in [0.29, 0.717) is 17.2 Å². The molecule has 2 aliphatic heterocycles. The van der Waals surface area contributed by atoms with Crippen molar-refractivity contribution in [3.05, 3.63) is 60.2 Å². The van der Waals surface area contributed by atoms with Crippen LogP contribution in [-0.4, -0.2) is 30.2 Å². The van der Waals surface area contributed by atoms with E-state index in [1.807, 2.05) is 48.6 Å². The molecule has 0 aromatic heterocycles. The molecule has 2 fully saturated rings. The highest BCUT2D eigenvalue weighted by Gasteiger charge is 2.56. The summed E-state index contributed by atoms with van der Waals surface area (Å²) in [4.78, 5) is 28.0. The Labute approximate surface area is 181 Å². The third kappa shape index (κ3) is 3.67. The Morgan fingerprint density at radius 3 is 2.58 bits per heavy atom. The third-order valence-corrected chi connectivity index (χ3v) is 6.37. The SMILES string of the molecule is O=C1C[C@@](/C=C/c2ccccc2)(C(=O)NC2CCCCC2)N1c1ccc2c(c1)OCO2. The minimum Gasteiger partial charge on any atom is -0.454 e. The minimum absolute atomic E-state index is 0.0876. The van der Waals surface area contributed by atoms with Gasteiger partial charge in [0.25, 0.3) is 5.91 Å². The molecular weight excluding hydrogens is 392 g/mol. The first-order valence-electron chi connectivity index (χ1n) is 10.9. The van der Waals surface area contributed by atoms with E-state index >= 15 is 0 Å². The molecule has 1 aliphatic carbocycles. The third-order valence-electron chi connectivity index (χ3n) is 6.37. The van der Waals surface area contributed by atoms with Crippen LogP contribution in [0.15, 0.2) is 54.6 Å². The first-order chi connectivity index (χ1) is 15.2. The van der Waals surface area contributed by atoms with Crippen LogP contribution < -0.4 is 19.7 Å². The average molecular weight is 418 g/mol. The maximum atomic E-state index is 13.6. The lowest BCUT2D eigenvalue weighted by molar-refractivity contribution is -0.137. The first kappa shape index (κ1) is 19.7. The number of hydrogen-bond acceptors (Lipinski definition) is 4. The van der Waals surface area contributed by atoms with Crippen molar-refractivity contribution >= 4 is 23.6 Å². The van der Waals surface area contributed by atoms with Gasteiger partial charge in [-0.05, 0) is 36.6 Å². The van der Waals surface area contributed by atoms with Gasteiger partial charge in [-0.3, -0.25) is 14.5 Å². The summed E-state index contributed by atoms with van der Waals surface area (Å²) in [6, 6.07) is 15.4. The zero-order valence-corrected chi connectivity index (χ0v) is 17.4. The van der Waals surface area contributed by atoms with Crippen LogP contribution in [0.3, 0.4) is 0 Å². The number of amides is 2. The largest absolute Gasteiger partial charge is 0.454 e. The van der Waals surface area contributed by atoms with Gasteiger partial charge < -0.3 is 14.8 Å². The van der Waals surface area contributed by atoms with Gasteiger partial charge in [0.2, 0.25) is 12.7 Å². The minimum atomic E-state index is -1.06. The van der Waals surface area contributed by atoms with Gasteiger partial charge in [-0.2, -0.15) is 0 Å². The Kier molecular flexibility index (Phi) is 5.14. The van der Waals surface area contributed by atoms with Gasteiger partial charge in [0.05, 0.1) is 6.42 Å². The van der Waals surface area contributed by atoms with Crippen molar-refractivity contribution in [2.75, 3.05) is 11.7 Å². The maximum absolute atomic E-state index is 13.6. The van der Waals surface area contributed by atoms with E-state index in [1.54, 1.807) is 17.0 Å². The molecule has 0 spiro atoms. The zero-order valence-electron chi connectivity index (χ0n) is 17.4. The topological polar surface area (TPSA) is 67.9 Å². The lowest BCUT2D eigenvalue weighted by Crippen LogP contribution is -2.70. The van der Waals surface area contributed by atoms with Crippen molar-refractivity contribution in [2.45, 2.75) is 50.1 Å². The summed E-state index contributed by atoms with van der Waals surface area (Å²) >= 11 is 0. The second-order valence-corrected chi connectivity index (χ2v) is 8.42. The lowest BCUT2D eigenvalue weighted by atomic mass is 9.80. The van der Waals surface area contributed by atoms with E-state index in [-0.39, 0.29) is 31.1 Å². The molecule has 0 unspecified atom stereocenters. The van der Waals surface area contributed by atoms with Crippen molar-refractivity contribution in [3.8, 4) is 11.5 Å². The number of carbonyl (C=O) groups excluding carboxylic acids is 2. The Bertz CT molecular complexity index is 1010. The lowest BCUT2D eigenvalue weighted by Gasteiger charge is -2.49. The number of carbonyl (C=O) groups is 2. The number of nitrogens with one attached hydrogen (secondary N) is 1. The fourth-order valence-corrected chi connectivity index (χ4v) is 4.67. The zero-order chi connectivity index (χ0) is 21.3. The van der Waals surface area contributed by atoms with E-state index in [0.717, 1.165) is 31.2 Å². The van der Waals surface area contributed by atoms with Crippen molar-refractivity contribution < 1.29 is 19.1 Å². The quantitative estimate of drug-likeness (QED) is 0.744. The Morgan fingerprint density at radius 2 is 1.81 bits per heavy atom. The maximum Gasteiger partial charge on any atom is 0.251 e. The van der Waals surface area contributed by atoms with E-state index in [1.165, 1.54) is 6.42 Å². The van der Waals surface area contributed by atoms with Gasteiger partial charge in [0.15, 0.2) is 17.0 Å². The van der Waals surface area contributed by atoms with Gasteiger partial charge in [0.1, 0.15) is 0 Å². The number of nitrogens with zero attached hydrogens (tertiary/aromatic N) is 1. The standard InChI is InChI=1S/C25H26N2O4/c28-23-16-25(14-13-18-7-3-1-4-8-18,24(29)26-19-9-5-2-6-10-19)27(23)20-11-12-21-22(15-20)31-17-30-21/h1,3-4,7-8,11-15,19H,2,5-6,9-10,16-17H2,(H,26,29)/b14-13+/t25-/m0/s1. The van der Waals surface area contributed by atoms with Crippen molar-refractivity contribution in [2.24, 2.45) is 0 Å². The van der Waals surface area contributed by atoms with Crippen LogP contribution in [0.4, 0.5) is 5.69 Å². The van der Waals surface area contributed by atoms with Gasteiger partial charge >= 0.3 is 0 Å². The second kappa shape index (κ2) is 8.10. The molecule has 6 nitrogen and oxygen atoms in total. The highest BCUT2D eigenvalue weighted by Crippen LogP contribution is 2.43. The Hall–Kier alpha value is -3.28. The van der Waals surface area contributed by atoms with Crippen LogP contribution in [0, 0.1) is 0 Å². The Balaban J connectivity index is 1.49. The molecule has 2 aromatic rings. The predicted molar refractivity (Wildman–Crippen MR) is 118 cm³/mol. The molecule has 2 heterocycles. The first-order valence-corrected chi connectivity index (χ1v) is 10.9. The monoisotopic (exact) mass is 418 g/mol. The molecule has 5 rings (SSSR count). The number of hydrogen-bond donors (Lipinski definition) is 1. The van der Waals surface area contributed by atoms with Crippen LogP contribution in [0.1, 0.15) is 44.1 Å². The van der Waals surface area contributed by atoms with Gasteiger partial charge in [-0.15, -0.1) is 0 Å². The van der Waals surface area contributed by atoms with E-state index in [9.17, 15) is 9.59 Å². The smallest absolute Gasteiger partial charge is 0.251 e. The number of β-lactam (4-membered cyclic amide) rings is 1. The number of anilines is 1. The van der Waals surface area contributed by atoms with Crippen LogP contribution in [0.25, 0.3) is 6.08 Å². The molecule has 160 valence electrons. The molecule has 2 aromatic carbocycles. The highest BCUT2D eigenvalue weighted by molar-refractivity contribution is 6.15. The van der Waals surface area contributed by atoms with E-state index in [4.69, 9.17) is 9.47 Å². The second-order valence-electron chi connectivity index (χ2n) is 8.42. The van der Waals surface area contributed by atoms with Crippen LogP contribution in [-0.2, 0) is 9.59 Å². The van der Waals surface area contributed by atoms with Crippen LogP contribution in [0.5, 0.6) is 11.5 Å². The molecule has 1 saturated carbocycles. The molecule has 1 atom stereocenters. The molecule has 0 radical (unpaired) electrons. The summed E-state index contributed by atoms with van der Waals surface area (Å²) in [5.74, 6) is 1.03. The highest BCUT2D eigenvalue weighted by atomic mass is 16.7. The summed E-state index contributed by atoms with van der Waals surface area (Å²) in [7, 11) is 0. The van der Waals surface area contributed by atoms with E-state index < -0.39 is 5.54 Å². The summed E-state index contributed by atoms with van der Waals surface area (Å²) in [6.07, 6.45) is 9.38. The summed E-state index contributed by atoms with van der Waals surface area (Å²) in [6.45, 7) is 0.161. The molecule has 2 amide bonds. The fourth-order valence-electron chi connectivity index (χ4n) is 4.67. The number of benzene rings is 2. The van der Waals surface area contributed by atoms with Crippen molar-refractivity contribution in [3.63, 3.8) is 0 Å². The Morgan fingerprint density at radius 1 is 1.03 bits per heavy atom. The normalized spacial score (nSPS) is 23.1. The molecule has 6 heteroatoms. The molecule has 3 aliphatic rings. The van der Waals surface area contributed by atoms with Crippen molar-refractivity contribution in [1.29, 1.82) is 0 Å². The van der Waals surface area contributed by atoms with Gasteiger partial charge in [-0.25, -0.2) is 0 Å². The molecule has 0 bridgehead atoms. The summed E-state index contributed by atoms with van der Waals surface area (Å²) < 4.78 is 10.9.